The number of carbonyl (C=O) groups is 2. The second-order valence-electron chi connectivity index (χ2n) is 5.89. The minimum absolute atomic E-state index is 0.0500. The normalized spacial score (nSPS) is 15.0. The summed E-state index contributed by atoms with van der Waals surface area (Å²) in [6, 6.07) is 5.92. The third-order valence-electron chi connectivity index (χ3n) is 4.31. The topological polar surface area (TPSA) is 65.6 Å². The fourth-order valence-electron chi connectivity index (χ4n) is 2.95. The lowest BCUT2D eigenvalue weighted by Gasteiger charge is -2.22. The molecule has 1 saturated heterocycles. The van der Waals surface area contributed by atoms with Gasteiger partial charge in [-0.1, -0.05) is 0 Å². The Balaban J connectivity index is 1.67. The predicted octanol–water partition coefficient (Wildman–Crippen LogP) is 2.15. The van der Waals surface area contributed by atoms with E-state index < -0.39 is 5.82 Å². The molecule has 0 radical (unpaired) electrons. The van der Waals surface area contributed by atoms with Crippen molar-refractivity contribution >= 4 is 11.8 Å². The number of aromatic amines is 1. The van der Waals surface area contributed by atoms with E-state index in [9.17, 15) is 14.0 Å². The number of nitrogens with zero attached hydrogens (tertiary/aromatic N) is 2. The highest BCUT2D eigenvalue weighted by molar-refractivity contribution is 5.95. The molecule has 7 heteroatoms. The van der Waals surface area contributed by atoms with Crippen molar-refractivity contribution in [2.24, 2.45) is 0 Å². The van der Waals surface area contributed by atoms with Gasteiger partial charge in [0, 0.05) is 44.1 Å². The zero-order valence-electron chi connectivity index (χ0n) is 14.0. The zero-order chi connectivity index (χ0) is 17.8. The van der Waals surface area contributed by atoms with Crippen molar-refractivity contribution < 1.29 is 18.7 Å². The molecule has 0 unspecified atom stereocenters. The van der Waals surface area contributed by atoms with Crippen LogP contribution in [0.4, 0.5) is 4.39 Å². The summed E-state index contributed by atoms with van der Waals surface area (Å²) in [5.74, 6) is -0.744. The first-order valence-electron chi connectivity index (χ1n) is 8.15. The van der Waals surface area contributed by atoms with Crippen LogP contribution in [0.15, 0.2) is 36.7 Å². The van der Waals surface area contributed by atoms with Crippen LogP contribution in [-0.4, -0.2) is 59.9 Å². The highest BCUT2D eigenvalue weighted by Crippen LogP contribution is 2.19. The van der Waals surface area contributed by atoms with Crippen LogP contribution in [0.25, 0.3) is 0 Å². The average molecular weight is 345 g/mol. The van der Waals surface area contributed by atoms with Crippen molar-refractivity contribution in [3.63, 3.8) is 0 Å². The summed E-state index contributed by atoms with van der Waals surface area (Å²) in [5, 5.41) is 0. The van der Waals surface area contributed by atoms with Gasteiger partial charge in [-0.25, -0.2) is 4.39 Å². The Bertz CT molecular complexity index is 761. The summed E-state index contributed by atoms with van der Waals surface area (Å²) in [6.07, 6.45) is 4.05. The quantitative estimate of drug-likeness (QED) is 0.927. The summed E-state index contributed by atoms with van der Waals surface area (Å²) in [5.41, 5.74) is 0.890. The van der Waals surface area contributed by atoms with Crippen molar-refractivity contribution in [2.45, 2.75) is 6.42 Å². The largest absolute Gasteiger partial charge is 0.494 e. The molecule has 1 aliphatic rings. The molecule has 0 spiro atoms. The zero-order valence-corrected chi connectivity index (χ0v) is 14.0. The fraction of sp³-hybridized carbons (Fsp3) is 0.333. The molecule has 2 heterocycles. The maximum absolute atomic E-state index is 13.8. The van der Waals surface area contributed by atoms with Crippen molar-refractivity contribution in [3.8, 4) is 5.75 Å². The highest BCUT2D eigenvalue weighted by atomic mass is 19.1. The van der Waals surface area contributed by atoms with E-state index in [1.165, 1.54) is 19.2 Å². The van der Waals surface area contributed by atoms with Gasteiger partial charge < -0.3 is 19.5 Å². The van der Waals surface area contributed by atoms with E-state index in [1.54, 1.807) is 34.3 Å². The second-order valence-corrected chi connectivity index (χ2v) is 5.89. The number of rotatable bonds is 3. The van der Waals surface area contributed by atoms with Crippen LogP contribution in [0.5, 0.6) is 5.75 Å². The minimum Gasteiger partial charge on any atom is -0.494 e. The van der Waals surface area contributed by atoms with E-state index >= 15 is 0 Å². The molecule has 2 amide bonds. The molecule has 1 aromatic heterocycles. The average Bonchev–Trinajstić information content (AvgIpc) is 3.05. The van der Waals surface area contributed by atoms with Crippen LogP contribution in [0, 0.1) is 5.82 Å². The summed E-state index contributed by atoms with van der Waals surface area (Å²) in [4.78, 5) is 31.3. The molecule has 0 atom stereocenters. The number of hydrogen-bond acceptors (Lipinski definition) is 3. The number of benzene rings is 1. The van der Waals surface area contributed by atoms with Crippen LogP contribution in [-0.2, 0) is 0 Å². The maximum atomic E-state index is 13.8. The number of H-pyrrole nitrogens is 1. The number of amides is 2. The number of halogens is 1. The van der Waals surface area contributed by atoms with Crippen molar-refractivity contribution in [2.75, 3.05) is 33.3 Å². The Morgan fingerprint density at radius 2 is 1.72 bits per heavy atom. The summed E-state index contributed by atoms with van der Waals surface area (Å²) in [6.45, 7) is 1.99. The van der Waals surface area contributed by atoms with Gasteiger partial charge in [0.05, 0.1) is 12.7 Å². The van der Waals surface area contributed by atoms with E-state index in [2.05, 4.69) is 4.98 Å². The van der Waals surface area contributed by atoms with Gasteiger partial charge in [0.25, 0.3) is 11.8 Å². The molecule has 1 aromatic carbocycles. The van der Waals surface area contributed by atoms with Crippen molar-refractivity contribution in [1.82, 2.24) is 14.8 Å². The van der Waals surface area contributed by atoms with Crippen molar-refractivity contribution in [3.05, 3.63) is 53.6 Å². The SMILES string of the molecule is COc1ccc(C(=O)N2CCCN(C(=O)c3cc[nH]c3)CC2)cc1F. The van der Waals surface area contributed by atoms with E-state index in [0.29, 0.717) is 38.2 Å². The third-order valence-corrected chi connectivity index (χ3v) is 4.31. The number of hydrogen-bond donors (Lipinski definition) is 1. The Hall–Kier alpha value is -2.83. The Labute approximate surface area is 145 Å². The summed E-state index contributed by atoms with van der Waals surface area (Å²) >= 11 is 0. The van der Waals surface area contributed by atoms with Crippen molar-refractivity contribution in [1.29, 1.82) is 0 Å². The Morgan fingerprint density at radius 3 is 2.28 bits per heavy atom. The van der Waals surface area contributed by atoms with E-state index in [0.717, 1.165) is 0 Å². The van der Waals surface area contributed by atoms with Gasteiger partial charge in [-0.15, -0.1) is 0 Å². The van der Waals surface area contributed by atoms with Crippen LogP contribution < -0.4 is 4.74 Å². The van der Waals surface area contributed by atoms with Gasteiger partial charge in [0.1, 0.15) is 0 Å². The molecule has 0 bridgehead atoms. The lowest BCUT2D eigenvalue weighted by atomic mass is 10.1. The monoisotopic (exact) mass is 345 g/mol. The van der Waals surface area contributed by atoms with Crippen LogP contribution in [0.1, 0.15) is 27.1 Å². The first kappa shape index (κ1) is 17.0. The lowest BCUT2D eigenvalue weighted by molar-refractivity contribution is 0.0718. The van der Waals surface area contributed by atoms with Gasteiger partial charge >= 0.3 is 0 Å². The van der Waals surface area contributed by atoms with E-state index in [-0.39, 0.29) is 23.1 Å². The molecule has 25 heavy (non-hydrogen) atoms. The van der Waals surface area contributed by atoms with Crippen LogP contribution in [0.3, 0.4) is 0 Å². The van der Waals surface area contributed by atoms with Gasteiger partial charge in [-0.2, -0.15) is 0 Å². The highest BCUT2D eigenvalue weighted by Gasteiger charge is 2.24. The first-order chi connectivity index (χ1) is 12.1. The summed E-state index contributed by atoms with van der Waals surface area (Å²) < 4.78 is 18.7. The van der Waals surface area contributed by atoms with Crippen LogP contribution >= 0.6 is 0 Å². The van der Waals surface area contributed by atoms with Gasteiger partial charge in [-0.3, -0.25) is 9.59 Å². The minimum atomic E-state index is -0.563. The summed E-state index contributed by atoms with van der Waals surface area (Å²) in [7, 11) is 1.38. The third kappa shape index (κ3) is 3.65. The molecule has 2 aromatic rings. The number of aromatic nitrogens is 1. The number of nitrogens with one attached hydrogen (secondary N) is 1. The second kappa shape index (κ2) is 7.38. The Kier molecular flexibility index (Phi) is 5.02. The number of ether oxygens (including phenoxy) is 1. The van der Waals surface area contributed by atoms with Gasteiger partial charge in [0.2, 0.25) is 0 Å². The number of carbonyl (C=O) groups excluding carboxylic acids is 2. The molecule has 1 N–H and O–H groups in total. The number of methoxy groups -OCH3 is 1. The fourth-order valence-corrected chi connectivity index (χ4v) is 2.95. The molecule has 132 valence electrons. The van der Waals surface area contributed by atoms with E-state index in [4.69, 9.17) is 4.74 Å². The first-order valence-corrected chi connectivity index (χ1v) is 8.15. The molecule has 1 aliphatic heterocycles. The molecular weight excluding hydrogens is 325 g/mol. The van der Waals surface area contributed by atoms with Gasteiger partial charge in [0.15, 0.2) is 11.6 Å². The maximum Gasteiger partial charge on any atom is 0.255 e. The Morgan fingerprint density at radius 1 is 1.04 bits per heavy atom. The van der Waals surface area contributed by atoms with Crippen LogP contribution in [0.2, 0.25) is 0 Å². The standard InChI is InChI=1S/C18H20FN3O3/c1-25-16-4-3-13(11-15(16)19)17(23)21-7-2-8-22(10-9-21)18(24)14-5-6-20-12-14/h3-6,11-12,20H,2,7-10H2,1H3. The molecule has 1 fully saturated rings. The smallest absolute Gasteiger partial charge is 0.255 e. The molecule has 6 nitrogen and oxygen atoms in total. The van der Waals surface area contributed by atoms with E-state index in [1.807, 2.05) is 0 Å². The predicted molar refractivity (Wildman–Crippen MR) is 90.2 cm³/mol. The lowest BCUT2D eigenvalue weighted by Crippen LogP contribution is -2.37. The van der Waals surface area contributed by atoms with Gasteiger partial charge in [-0.05, 0) is 30.7 Å². The molecule has 3 rings (SSSR count). The molecule has 0 saturated carbocycles. The molecular formula is C18H20FN3O3. The molecule has 0 aliphatic carbocycles.